The molecule has 0 aliphatic carbocycles. The van der Waals surface area contributed by atoms with Crippen LogP contribution in [-0.2, 0) is 4.79 Å². The SMILES string of the molecule is CCC(=O)Oc1c[nH]c2cccc(Br)c12. The molecule has 0 fully saturated rings. The van der Waals surface area contributed by atoms with E-state index in [1.165, 1.54) is 0 Å². The van der Waals surface area contributed by atoms with Crippen LogP contribution < -0.4 is 4.74 Å². The van der Waals surface area contributed by atoms with Crippen molar-refractivity contribution in [2.45, 2.75) is 13.3 Å². The van der Waals surface area contributed by atoms with Gasteiger partial charge in [0.25, 0.3) is 0 Å². The standard InChI is InChI=1S/C11H10BrNO2/c1-2-10(14)15-9-6-13-8-5-3-4-7(12)11(8)9/h3-6,13H,2H2,1H3. The van der Waals surface area contributed by atoms with Gasteiger partial charge in [-0.3, -0.25) is 4.79 Å². The van der Waals surface area contributed by atoms with E-state index in [4.69, 9.17) is 4.74 Å². The predicted octanol–water partition coefficient (Wildman–Crippen LogP) is 3.25. The summed E-state index contributed by atoms with van der Waals surface area (Å²) in [6, 6.07) is 5.77. The second kappa shape index (κ2) is 4.06. The summed E-state index contributed by atoms with van der Waals surface area (Å²) in [5.74, 6) is 0.343. The maximum atomic E-state index is 11.2. The normalized spacial score (nSPS) is 10.5. The first-order valence-corrected chi connectivity index (χ1v) is 5.48. The number of aromatic amines is 1. The van der Waals surface area contributed by atoms with Gasteiger partial charge >= 0.3 is 5.97 Å². The molecule has 78 valence electrons. The number of benzene rings is 1. The lowest BCUT2D eigenvalue weighted by atomic mass is 10.2. The quantitative estimate of drug-likeness (QED) is 0.849. The van der Waals surface area contributed by atoms with Crippen LogP contribution in [0.15, 0.2) is 28.9 Å². The summed E-state index contributed by atoms with van der Waals surface area (Å²) in [6.45, 7) is 1.77. The lowest BCUT2D eigenvalue weighted by Gasteiger charge is -2.01. The highest BCUT2D eigenvalue weighted by molar-refractivity contribution is 9.10. The molecule has 1 aromatic heterocycles. The molecule has 0 amide bonds. The molecule has 15 heavy (non-hydrogen) atoms. The highest BCUT2D eigenvalue weighted by Gasteiger charge is 2.10. The van der Waals surface area contributed by atoms with E-state index in [1.54, 1.807) is 13.1 Å². The summed E-state index contributed by atoms with van der Waals surface area (Å²) < 4.78 is 6.11. The van der Waals surface area contributed by atoms with Crippen LogP contribution in [-0.4, -0.2) is 11.0 Å². The Morgan fingerprint density at radius 1 is 1.53 bits per heavy atom. The van der Waals surface area contributed by atoms with E-state index in [0.717, 1.165) is 15.4 Å². The number of fused-ring (bicyclic) bond motifs is 1. The molecule has 2 aromatic rings. The first-order chi connectivity index (χ1) is 7.22. The van der Waals surface area contributed by atoms with Crippen LogP contribution in [0.4, 0.5) is 0 Å². The van der Waals surface area contributed by atoms with Crippen molar-refractivity contribution in [3.05, 3.63) is 28.9 Å². The topological polar surface area (TPSA) is 42.1 Å². The van der Waals surface area contributed by atoms with Gasteiger partial charge in [-0.2, -0.15) is 0 Å². The van der Waals surface area contributed by atoms with Crippen molar-refractivity contribution in [1.82, 2.24) is 4.98 Å². The number of nitrogens with one attached hydrogen (secondary N) is 1. The molecule has 1 aromatic carbocycles. The number of carbonyl (C=O) groups excluding carboxylic acids is 1. The molecule has 0 saturated carbocycles. The van der Waals surface area contributed by atoms with Crippen molar-refractivity contribution in [3.63, 3.8) is 0 Å². The van der Waals surface area contributed by atoms with Gasteiger partial charge in [0.2, 0.25) is 0 Å². The van der Waals surface area contributed by atoms with Crippen molar-refractivity contribution >= 4 is 32.8 Å². The Morgan fingerprint density at radius 2 is 2.33 bits per heavy atom. The molecule has 0 aliphatic rings. The van der Waals surface area contributed by atoms with E-state index in [-0.39, 0.29) is 5.97 Å². The van der Waals surface area contributed by atoms with Gasteiger partial charge in [-0.25, -0.2) is 0 Å². The van der Waals surface area contributed by atoms with Crippen LogP contribution in [0.25, 0.3) is 10.9 Å². The van der Waals surface area contributed by atoms with Gasteiger partial charge in [-0.05, 0) is 28.1 Å². The summed E-state index contributed by atoms with van der Waals surface area (Å²) in [5, 5.41) is 0.902. The van der Waals surface area contributed by atoms with Crippen LogP contribution >= 0.6 is 15.9 Å². The van der Waals surface area contributed by atoms with E-state index >= 15 is 0 Å². The van der Waals surface area contributed by atoms with Crippen molar-refractivity contribution < 1.29 is 9.53 Å². The Kier molecular flexibility index (Phi) is 2.77. The van der Waals surface area contributed by atoms with Crippen LogP contribution in [0.5, 0.6) is 5.75 Å². The predicted molar refractivity (Wildman–Crippen MR) is 61.9 cm³/mol. The number of hydrogen-bond donors (Lipinski definition) is 1. The molecule has 0 aliphatic heterocycles. The Bertz CT molecular complexity index is 504. The summed E-state index contributed by atoms with van der Waals surface area (Å²) in [7, 11) is 0. The fraction of sp³-hybridized carbons (Fsp3) is 0.182. The average molecular weight is 268 g/mol. The van der Waals surface area contributed by atoms with Gasteiger partial charge in [0.1, 0.15) is 0 Å². The molecule has 0 spiro atoms. The molecule has 0 radical (unpaired) electrons. The zero-order chi connectivity index (χ0) is 10.8. The molecule has 0 unspecified atom stereocenters. The molecular formula is C11H10BrNO2. The Morgan fingerprint density at radius 3 is 3.07 bits per heavy atom. The number of halogens is 1. The number of carbonyl (C=O) groups is 1. The second-order valence-corrected chi connectivity index (χ2v) is 4.00. The fourth-order valence-corrected chi connectivity index (χ4v) is 1.95. The van der Waals surface area contributed by atoms with Crippen LogP contribution in [0.2, 0.25) is 0 Å². The molecular weight excluding hydrogens is 258 g/mol. The number of esters is 1. The average Bonchev–Trinajstić information content (AvgIpc) is 2.63. The van der Waals surface area contributed by atoms with Crippen LogP contribution in [0.1, 0.15) is 13.3 Å². The van der Waals surface area contributed by atoms with Gasteiger partial charge in [0.05, 0.1) is 10.9 Å². The molecule has 3 nitrogen and oxygen atoms in total. The van der Waals surface area contributed by atoms with Gasteiger partial charge in [-0.15, -0.1) is 0 Å². The maximum Gasteiger partial charge on any atom is 0.310 e. The van der Waals surface area contributed by atoms with Crippen molar-refractivity contribution in [1.29, 1.82) is 0 Å². The number of ether oxygens (including phenoxy) is 1. The monoisotopic (exact) mass is 267 g/mol. The van der Waals surface area contributed by atoms with E-state index in [1.807, 2.05) is 18.2 Å². The molecule has 0 atom stereocenters. The molecule has 0 bridgehead atoms. The van der Waals surface area contributed by atoms with E-state index < -0.39 is 0 Å². The lowest BCUT2D eigenvalue weighted by Crippen LogP contribution is -2.04. The van der Waals surface area contributed by atoms with Crippen molar-refractivity contribution in [2.24, 2.45) is 0 Å². The largest absolute Gasteiger partial charge is 0.424 e. The molecule has 4 heteroatoms. The summed E-state index contributed by atoms with van der Waals surface area (Å²) in [5.41, 5.74) is 0.947. The highest BCUT2D eigenvalue weighted by atomic mass is 79.9. The number of H-pyrrole nitrogens is 1. The van der Waals surface area contributed by atoms with E-state index in [9.17, 15) is 4.79 Å². The highest BCUT2D eigenvalue weighted by Crippen LogP contribution is 2.32. The number of rotatable bonds is 2. The molecule has 2 rings (SSSR count). The van der Waals surface area contributed by atoms with Crippen molar-refractivity contribution in [3.8, 4) is 5.75 Å². The fourth-order valence-electron chi connectivity index (χ4n) is 1.39. The molecule has 1 N–H and O–H groups in total. The van der Waals surface area contributed by atoms with E-state index in [0.29, 0.717) is 12.2 Å². The third-order valence-electron chi connectivity index (χ3n) is 2.13. The lowest BCUT2D eigenvalue weighted by molar-refractivity contribution is -0.133. The van der Waals surface area contributed by atoms with Gasteiger partial charge < -0.3 is 9.72 Å². The molecule has 1 heterocycles. The zero-order valence-corrected chi connectivity index (χ0v) is 9.80. The summed E-state index contributed by atoms with van der Waals surface area (Å²) in [4.78, 5) is 14.2. The van der Waals surface area contributed by atoms with Crippen LogP contribution in [0.3, 0.4) is 0 Å². The third-order valence-corrected chi connectivity index (χ3v) is 2.79. The minimum atomic E-state index is -0.230. The van der Waals surface area contributed by atoms with Crippen LogP contribution in [0, 0.1) is 0 Å². The minimum absolute atomic E-state index is 0.230. The Labute approximate surface area is 95.6 Å². The maximum absolute atomic E-state index is 11.2. The molecule has 0 saturated heterocycles. The van der Waals surface area contributed by atoms with E-state index in [2.05, 4.69) is 20.9 Å². The van der Waals surface area contributed by atoms with Crippen molar-refractivity contribution in [2.75, 3.05) is 0 Å². The Hall–Kier alpha value is -1.29. The smallest absolute Gasteiger partial charge is 0.310 e. The zero-order valence-electron chi connectivity index (χ0n) is 8.21. The number of aromatic nitrogens is 1. The first-order valence-electron chi connectivity index (χ1n) is 4.68. The van der Waals surface area contributed by atoms with Gasteiger partial charge in [0, 0.05) is 17.1 Å². The summed E-state index contributed by atoms with van der Waals surface area (Å²) >= 11 is 3.43. The first kappa shape index (κ1) is 10.2. The Balaban J connectivity index is 2.48. The van der Waals surface area contributed by atoms with Gasteiger partial charge in [0.15, 0.2) is 5.75 Å². The third kappa shape index (κ3) is 1.90. The van der Waals surface area contributed by atoms with Gasteiger partial charge in [-0.1, -0.05) is 13.0 Å². The minimum Gasteiger partial charge on any atom is -0.424 e. The number of hydrogen-bond acceptors (Lipinski definition) is 2. The second-order valence-electron chi connectivity index (χ2n) is 3.14. The summed E-state index contributed by atoms with van der Waals surface area (Å²) in [6.07, 6.45) is 2.07.